The van der Waals surface area contributed by atoms with E-state index in [0.717, 1.165) is 30.5 Å². The average molecular weight is 182 g/mol. The second-order valence-electron chi connectivity index (χ2n) is 3.33. The Labute approximate surface area is 79.4 Å². The van der Waals surface area contributed by atoms with Crippen molar-refractivity contribution in [2.45, 2.75) is 39.5 Å². The molecule has 74 valence electrons. The molecule has 3 heteroatoms. The molecule has 0 bridgehead atoms. The van der Waals surface area contributed by atoms with Crippen molar-refractivity contribution >= 4 is 0 Å². The van der Waals surface area contributed by atoms with Gasteiger partial charge in [0.05, 0.1) is 5.69 Å². The fourth-order valence-electron chi connectivity index (χ4n) is 1.52. The van der Waals surface area contributed by atoms with Gasteiger partial charge in [0, 0.05) is 12.6 Å². The van der Waals surface area contributed by atoms with E-state index in [0.29, 0.717) is 5.88 Å². The van der Waals surface area contributed by atoms with Crippen LogP contribution in [0.3, 0.4) is 0 Å². The van der Waals surface area contributed by atoms with E-state index in [1.807, 2.05) is 6.92 Å². The third-order valence-corrected chi connectivity index (χ3v) is 2.32. The van der Waals surface area contributed by atoms with Gasteiger partial charge in [0.2, 0.25) is 5.88 Å². The van der Waals surface area contributed by atoms with E-state index in [4.69, 9.17) is 0 Å². The van der Waals surface area contributed by atoms with Crippen LogP contribution in [-0.4, -0.2) is 14.9 Å². The Morgan fingerprint density at radius 2 is 2.08 bits per heavy atom. The normalized spacial score (nSPS) is 10.7. The highest BCUT2D eigenvalue weighted by molar-refractivity contribution is 5.30. The quantitative estimate of drug-likeness (QED) is 0.773. The van der Waals surface area contributed by atoms with E-state index in [-0.39, 0.29) is 0 Å². The van der Waals surface area contributed by atoms with Crippen molar-refractivity contribution in [3.63, 3.8) is 0 Å². The first kappa shape index (κ1) is 10.1. The predicted octanol–water partition coefficient (Wildman–Crippen LogP) is 2.03. The molecule has 0 amide bonds. The topological polar surface area (TPSA) is 38.0 Å². The summed E-state index contributed by atoms with van der Waals surface area (Å²) in [5, 5.41) is 13.9. The van der Waals surface area contributed by atoms with Crippen LogP contribution < -0.4 is 0 Å². The molecule has 1 rings (SSSR count). The van der Waals surface area contributed by atoms with Gasteiger partial charge in [-0.05, 0) is 19.3 Å². The highest BCUT2D eigenvalue weighted by Crippen LogP contribution is 2.21. The Kier molecular flexibility index (Phi) is 3.34. The van der Waals surface area contributed by atoms with Gasteiger partial charge in [-0.25, -0.2) is 4.68 Å². The monoisotopic (exact) mass is 182 g/mol. The lowest BCUT2D eigenvalue weighted by molar-refractivity contribution is 0.414. The Morgan fingerprint density at radius 3 is 2.62 bits per heavy atom. The van der Waals surface area contributed by atoms with Crippen LogP contribution in [0, 0.1) is 0 Å². The van der Waals surface area contributed by atoms with Gasteiger partial charge in [-0.1, -0.05) is 20.3 Å². The van der Waals surface area contributed by atoms with Crippen LogP contribution >= 0.6 is 0 Å². The summed E-state index contributed by atoms with van der Waals surface area (Å²) in [6.07, 6.45) is 4.15. The molecule has 1 aromatic heterocycles. The maximum atomic E-state index is 9.62. The molecule has 0 aromatic carbocycles. The molecule has 0 spiro atoms. The zero-order valence-corrected chi connectivity index (χ0v) is 8.67. The van der Waals surface area contributed by atoms with Crippen molar-refractivity contribution in [3.05, 3.63) is 11.3 Å². The highest BCUT2D eigenvalue weighted by Gasteiger charge is 2.12. The number of aromatic hydroxyl groups is 1. The summed E-state index contributed by atoms with van der Waals surface area (Å²) in [7, 11) is 1.78. The zero-order valence-electron chi connectivity index (χ0n) is 8.67. The van der Waals surface area contributed by atoms with E-state index in [1.54, 1.807) is 11.7 Å². The molecule has 1 heterocycles. The van der Waals surface area contributed by atoms with Gasteiger partial charge < -0.3 is 5.11 Å². The SMILES string of the molecule is CCCCc1nn(C)c(O)c1CC. The number of nitrogens with zero attached hydrogens (tertiary/aromatic N) is 2. The van der Waals surface area contributed by atoms with Gasteiger partial charge in [-0.3, -0.25) is 0 Å². The molecule has 1 N–H and O–H groups in total. The van der Waals surface area contributed by atoms with Gasteiger partial charge in [-0.15, -0.1) is 0 Å². The number of aromatic nitrogens is 2. The highest BCUT2D eigenvalue weighted by atomic mass is 16.3. The van der Waals surface area contributed by atoms with Crippen LogP contribution in [0.4, 0.5) is 0 Å². The summed E-state index contributed by atoms with van der Waals surface area (Å²) in [5.41, 5.74) is 2.07. The van der Waals surface area contributed by atoms with E-state index >= 15 is 0 Å². The number of hydrogen-bond acceptors (Lipinski definition) is 2. The summed E-state index contributed by atoms with van der Waals surface area (Å²) in [6, 6.07) is 0. The average Bonchev–Trinajstić information content (AvgIpc) is 2.39. The molecule has 1 aromatic rings. The Hall–Kier alpha value is -0.990. The fraction of sp³-hybridized carbons (Fsp3) is 0.700. The Morgan fingerprint density at radius 1 is 1.38 bits per heavy atom. The van der Waals surface area contributed by atoms with Gasteiger partial charge in [0.25, 0.3) is 0 Å². The van der Waals surface area contributed by atoms with Crippen LogP contribution in [0.15, 0.2) is 0 Å². The van der Waals surface area contributed by atoms with Crippen molar-refractivity contribution < 1.29 is 5.11 Å². The first-order chi connectivity index (χ1) is 6.20. The Bertz CT molecular complexity index is 279. The minimum absolute atomic E-state index is 0.327. The van der Waals surface area contributed by atoms with Crippen LogP contribution in [0.5, 0.6) is 5.88 Å². The number of unbranched alkanes of at least 4 members (excludes halogenated alkanes) is 1. The lowest BCUT2D eigenvalue weighted by atomic mass is 10.1. The van der Waals surface area contributed by atoms with E-state index in [2.05, 4.69) is 12.0 Å². The van der Waals surface area contributed by atoms with E-state index < -0.39 is 0 Å². The maximum Gasteiger partial charge on any atom is 0.212 e. The summed E-state index contributed by atoms with van der Waals surface area (Å²) in [4.78, 5) is 0. The first-order valence-electron chi connectivity index (χ1n) is 4.94. The molecule has 0 unspecified atom stereocenters. The molecule has 13 heavy (non-hydrogen) atoms. The molecular formula is C10H18N2O. The van der Waals surface area contributed by atoms with E-state index in [1.165, 1.54) is 6.42 Å². The lowest BCUT2D eigenvalue weighted by Crippen LogP contribution is -1.92. The summed E-state index contributed by atoms with van der Waals surface area (Å²) < 4.78 is 1.56. The lowest BCUT2D eigenvalue weighted by Gasteiger charge is -1.97. The third-order valence-electron chi connectivity index (χ3n) is 2.32. The molecule has 0 aliphatic heterocycles. The van der Waals surface area contributed by atoms with Crippen LogP contribution in [-0.2, 0) is 19.9 Å². The molecule has 0 atom stereocenters. The van der Waals surface area contributed by atoms with Crippen molar-refractivity contribution in [2.24, 2.45) is 7.05 Å². The van der Waals surface area contributed by atoms with Crippen LogP contribution in [0.1, 0.15) is 37.9 Å². The molecule has 0 saturated heterocycles. The van der Waals surface area contributed by atoms with Crippen LogP contribution in [0.2, 0.25) is 0 Å². The minimum atomic E-state index is 0.327. The van der Waals surface area contributed by atoms with Gasteiger partial charge in [-0.2, -0.15) is 5.10 Å². The number of hydrogen-bond donors (Lipinski definition) is 1. The molecule has 0 aliphatic carbocycles. The van der Waals surface area contributed by atoms with Crippen LogP contribution in [0.25, 0.3) is 0 Å². The van der Waals surface area contributed by atoms with Crippen molar-refractivity contribution in [2.75, 3.05) is 0 Å². The van der Waals surface area contributed by atoms with Gasteiger partial charge in [0.15, 0.2) is 0 Å². The fourth-order valence-corrected chi connectivity index (χ4v) is 1.52. The number of rotatable bonds is 4. The Balaban J connectivity index is 2.86. The smallest absolute Gasteiger partial charge is 0.212 e. The summed E-state index contributed by atoms with van der Waals surface area (Å²) in [6.45, 7) is 4.21. The van der Waals surface area contributed by atoms with Crippen molar-refractivity contribution in [1.82, 2.24) is 9.78 Å². The molecule has 3 nitrogen and oxygen atoms in total. The van der Waals surface area contributed by atoms with Crippen molar-refractivity contribution in [1.29, 1.82) is 0 Å². The van der Waals surface area contributed by atoms with Gasteiger partial charge in [0.1, 0.15) is 0 Å². The molecular weight excluding hydrogens is 164 g/mol. The number of aryl methyl sites for hydroxylation is 2. The molecule has 0 aliphatic rings. The standard InChI is InChI=1S/C10H18N2O/c1-4-6-7-9-8(5-2)10(13)12(3)11-9/h13H,4-7H2,1-3H3. The summed E-state index contributed by atoms with van der Waals surface area (Å²) >= 11 is 0. The molecule has 0 radical (unpaired) electrons. The van der Waals surface area contributed by atoms with E-state index in [9.17, 15) is 5.11 Å². The zero-order chi connectivity index (χ0) is 9.84. The van der Waals surface area contributed by atoms with Crippen molar-refractivity contribution in [3.8, 4) is 5.88 Å². The molecule has 0 saturated carbocycles. The minimum Gasteiger partial charge on any atom is -0.493 e. The first-order valence-corrected chi connectivity index (χ1v) is 4.94. The largest absolute Gasteiger partial charge is 0.493 e. The second kappa shape index (κ2) is 4.30. The molecule has 0 fully saturated rings. The summed E-state index contributed by atoms with van der Waals surface area (Å²) in [5.74, 6) is 0.327. The maximum absolute atomic E-state index is 9.62. The predicted molar refractivity (Wildman–Crippen MR) is 52.9 cm³/mol. The van der Waals surface area contributed by atoms with Gasteiger partial charge >= 0.3 is 0 Å². The third kappa shape index (κ3) is 2.02. The second-order valence-corrected chi connectivity index (χ2v) is 3.33.